The quantitative estimate of drug-likeness (QED) is 0.444. The van der Waals surface area contributed by atoms with E-state index in [1.54, 1.807) is 13.2 Å². The number of pyridine rings is 1. The van der Waals surface area contributed by atoms with E-state index in [0.29, 0.717) is 17.3 Å². The average Bonchev–Trinajstić information content (AvgIpc) is 2.77. The molecule has 0 radical (unpaired) electrons. The summed E-state index contributed by atoms with van der Waals surface area (Å²) in [6, 6.07) is 17.7. The van der Waals surface area contributed by atoms with Crippen molar-refractivity contribution in [3.63, 3.8) is 0 Å². The van der Waals surface area contributed by atoms with Gasteiger partial charge in [0.15, 0.2) is 11.6 Å². The molecule has 4 rings (SSSR count). The first-order valence-corrected chi connectivity index (χ1v) is 9.48. The number of nitrogens with one attached hydrogen (secondary N) is 1. The molecule has 0 saturated heterocycles. The van der Waals surface area contributed by atoms with Gasteiger partial charge in [0.2, 0.25) is 0 Å². The zero-order valence-corrected chi connectivity index (χ0v) is 17.2. The SMILES string of the molecule is CC.CNc1ncnc(-c2ccc(C)cc2)c1O.Nc1nccc2ccccc12. The van der Waals surface area contributed by atoms with Gasteiger partial charge in [0.25, 0.3) is 0 Å². The van der Waals surface area contributed by atoms with E-state index >= 15 is 0 Å². The highest BCUT2D eigenvalue weighted by atomic mass is 16.3. The molecule has 0 aliphatic rings. The second-order valence-corrected chi connectivity index (χ2v) is 5.95. The predicted molar refractivity (Wildman–Crippen MR) is 121 cm³/mol. The van der Waals surface area contributed by atoms with Crippen LogP contribution in [0.4, 0.5) is 11.6 Å². The van der Waals surface area contributed by atoms with Crippen LogP contribution in [-0.2, 0) is 0 Å². The van der Waals surface area contributed by atoms with E-state index in [9.17, 15) is 5.11 Å². The van der Waals surface area contributed by atoms with Crippen molar-refractivity contribution in [2.24, 2.45) is 0 Å². The Balaban J connectivity index is 0.000000201. The Morgan fingerprint density at radius 2 is 1.59 bits per heavy atom. The molecule has 0 amide bonds. The summed E-state index contributed by atoms with van der Waals surface area (Å²) in [7, 11) is 1.71. The smallest absolute Gasteiger partial charge is 0.185 e. The Morgan fingerprint density at radius 1 is 0.897 bits per heavy atom. The Hall–Kier alpha value is -3.67. The van der Waals surface area contributed by atoms with E-state index in [0.717, 1.165) is 16.3 Å². The third-order valence-electron chi connectivity index (χ3n) is 4.09. The zero-order valence-electron chi connectivity index (χ0n) is 17.2. The maximum Gasteiger partial charge on any atom is 0.185 e. The van der Waals surface area contributed by atoms with Crippen molar-refractivity contribution in [2.75, 3.05) is 18.1 Å². The number of nitrogens with zero attached hydrogens (tertiary/aromatic N) is 3. The topological polar surface area (TPSA) is 97.0 Å². The largest absolute Gasteiger partial charge is 0.503 e. The maximum absolute atomic E-state index is 9.92. The summed E-state index contributed by atoms with van der Waals surface area (Å²) in [4.78, 5) is 12.0. The first kappa shape index (κ1) is 21.6. The fourth-order valence-electron chi connectivity index (χ4n) is 2.63. The normalized spacial score (nSPS) is 9.66. The van der Waals surface area contributed by atoms with E-state index in [4.69, 9.17) is 5.73 Å². The van der Waals surface area contributed by atoms with Crippen LogP contribution in [0.2, 0.25) is 0 Å². The third kappa shape index (κ3) is 5.42. The van der Waals surface area contributed by atoms with Crippen LogP contribution in [0, 0.1) is 6.92 Å². The second-order valence-electron chi connectivity index (χ2n) is 5.95. The number of nitrogens with two attached hydrogens (primary N) is 1. The number of rotatable bonds is 2. The molecule has 0 aliphatic carbocycles. The number of anilines is 2. The molecular weight excluding hydrogens is 362 g/mol. The summed E-state index contributed by atoms with van der Waals surface area (Å²) in [5.74, 6) is 1.11. The molecule has 0 spiro atoms. The molecule has 4 aromatic rings. The van der Waals surface area contributed by atoms with E-state index in [2.05, 4.69) is 20.3 Å². The predicted octanol–water partition coefficient (Wildman–Crippen LogP) is 5.04. The van der Waals surface area contributed by atoms with Crippen LogP contribution < -0.4 is 11.1 Å². The van der Waals surface area contributed by atoms with Gasteiger partial charge >= 0.3 is 0 Å². The summed E-state index contributed by atoms with van der Waals surface area (Å²) in [5, 5.41) is 14.9. The summed E-state index contributed by atoms with van der Waals surface area (Å²) >= 11 is 0. The Kier molecular flexibility index (Phi) is 7.91. The Bertz CT molecular complexity index is 1040. The van der Waals surface area contributed by atoms with Crippen LogP contribution in [0.15, 0.2) is 67.1 Å². The average molecular weight is 390 g/mol. The van der Waals surface area contributed by atoms with Gasteiger partial charge in [-0.3, -0.25) is 0 Å². The minimum Gasteiger partial charge on any atom is -0.503 e. The summed E-state index contributed by atoms with van der Waals surface area (Å²) in [6.07, 6.45) is 3.15. The van der Waals surface area contributed by atoms with Crippen LogP contribution in [0.5, 0.6) is 5.75 Å². The second kappa shape index (κ2) is 10.6. The summed E-state index contributed by atoms with van der Waals surface area (Å²) in [5.41, 5.74) is 8.24. The summed E-state index contributed by atoms with van der Waals surface area (Å²) in [6.45, 7) is 6.02. The van der Waals surface area contributed by atoms with Crippen LogP contribution >= 0.6 is 0 Å². The number of benzene rings is 2. The maximum atomic E-state index is 9.92. The van der Waals surface area contributed by atoms with E-state index in [1.165, 1.54) is 11.9 Å². The molecular formula is C23H27N5O. The molecule has 0 saturated carbocycles. The molecule has 0 fully saturated rings. The van der Waals surface area contributed by atoms with Gasteiger partial charge in [0.1, 0.15) is 17.8 Å². The lowest BCUT2D eigenvalue weighted by Gasteiger charge is -2.07. The number of hydrogen-bond acceptors (Lipinski definition) is 6. The highest BCUT2D eigenvalue weighted by Crippen LogP contribution is 2.31. The number of aryl methyl sites for hydroxylation is 1. The Morgan fingerprint density at radius 3 is 2.24 bits per heavy atom. The lowest BCUT2D eigenvalue weighted by molar-refractivity contribution is 0.474. The molecule has 29 heavy (non-hydrogen) atoms. The summed E-state index contributed by atoms with van der Waals surface area (Å²) < 4.78 is 0. The van der Waals surface area contributed by atoms with Crippen molar-refractivity contribution in [1.82, 2.24) is 15.0 Å². The lowest BCUT2D eigenvalue weighted by Crippen LogP contribution is -1.95. The molecule has 2 aromatic carbocycles. The van der Waals surface area contributed by atoms with E-state index in [-0.39, 0.29) is 5.75 Å². The molecule has 6 nitrogen and oxygen atoms in total. The number of hydrogen-bond donors (Lipinski definition) is 3. The molecule has 0 aliphatic heterocycles. The van der Waals surface area contributed by atoms with Gasteiger partial charge in [-0.25, -0.2) is 15.0 Å². The Labute approximate surface area is 171 Å². The van der Waals surface area contributed by atoms with Crippen LogP contribution in [-0.4, -0.2) is 27.1 Å². The van der Waals surface area contributed by atoms with Crippen molar-refractivity contribution in [1.29, 1.82) is 0 Å². The number of fused-ring (bicyclic) bond motifs is 1. The first-order chi connectivity index (χ1) is 14.1. The van der Waals surface area contributed by atoms with Crippen molar-refractivity contribution in [3.8, 4) is 17.0 Å². The first-order valence-electron chi connectivity index (χ1n) is 9.48. The highest BCUT2D eigenvalue weighted by Gasteiger charge is 2.10. The van der Waals surface area contributed by atoms with Crippen molar-refractivity contribution in [2.45, 2.75) is 20.8 Å². The molecule has 6 heteroatoms. The monoisotopic (exact) mass is 389 g/mol. The van der Waals surface area contributed by atoms with Crippen molar-refractivity contribution >= 4 is 22.4 Å². The standard InChI is InChI=1S/C12H13N3O.C9H8N2.C2H6/c1-8-3-5-9(6-4-8)10-11(16)12(13-2)15-7-14-10;10-9-8-4-2-1-3-7(8)5-6-11-9;1-2/h3-7,16H,1-2H3,(H,13,14,15);1-6H,(H2,10,11);1-2H3. The van der Waals surface area contributed by atoms with Crippen LogP contribution in [0.1, 0.15) is 19.4 Å². The zero-order chi connectivity index (χ0) is 21.2. The van der Waals surface area contributed by atoms with Gasteiger partial charge in [0.05, 0.1) is 0 Å². The van der Waals surface area contributed by atoms with Gasteiger partial charge in [-0.05, 0) is 18.4 Å². The van der Waals surface area contributed by atoms with E-state index in [1.807, 2.05) is 75.4 Å². The fraction of sp³-hybridized carbons (Fsp3) is 0.174. The molecule has 150 valence electrons. The van der Waals surface area contributed by atoms with Crippen LogP contribution in [0.25, 0.3) is 22.0 Å². The molecule has 2 heterocycles. The number of aromatic nitrogens is 3. The number of nitrogen functional groups attached to an aromatic ring is 1. The van der Waals surface area contributed by atoms with Gasteiger partial charge in [-0.1, -0.05) is 67.9 Å². The molecule has 4 N–H and O–H groups in total. The van der Waals surface area contributed by atoms with Gasteiger partial charge in [0, 0.05) is 24.2 Å². The van der Waals surface area contributed by atoms with Crippen molar-refractivity contribution < 1.29 is 5.11 Å². The molecule has 2 aromatic heterocycles. The minimum atomic E-state index is 0.0776. The van der Waals surface area contributed by atoms with Crippen LogP contribution in [0.3, 0.4) is 0 Å². The van der Waals surface area contributed by atoms with Gasteiger partial charge < -0.3 is 16.2 Å². The van der Waals surface area contributed by atoms with Gasteiger partial charge in [-0.15, -0.1) is 0 Å². The van der Waals surface area contributed by atoms with Gasteiger partial charge in [-0.2, -0.15) is 0 Å². The number of aromatic hydroxyl groups is 1. The van der Waals surface area contributed by atoms with E-state index < -0.39 is 0 Å². The third-order valence-corrected chi connectivity index (χ3v) is 4.09. The van der Waals surface area contributed by atoms with Crippen molar-refractivity contribution in [3.05, 3.63) is 72.7 Å². The molecule has 0 bridgehead atoms. The molecule has 0 unspecified atom stereocenters. The molecule has 0 atom stereocenters. The highest BCUT2D eigenvalue weighted by molar-refractivity contribution is 5.90. The minimum absolute atomic E-state index is 0.0776. The fourth-order valence-corrected chi connectivity index (χ4v) is 2.63. The lowest BCUT2D eigenvalue weighted by atomic mass is 10.1.